The Kier molecular flexibility index (Phi) is 8.65. The number of pyridine rings is 1. The summed E-state index contributed by atoms with van der Waals surface area (Å²) in [4.78, 5) is 57.9. The van der Waals surface area contributed by atoms with Crippen LogP contribution in [0.5, 0.6) is 0 Å². The van der Waals surface area contributed by atoms with Crippen LogP contribution in [0.3, 0.4) is 0 Å². The number of amides is 3. The number of nitrogens with one attached hydrogen (secondary N) is 3. The fourth-order valence-corrected chi connectivity index (χ4v) is 5.50. The van der Waals surface area contributed by atoms with Crippen molar-refractivity contribution in [2.24, 2.45) is 5.16 Å². The zero-order valence-electron chi connectivity index (χ0n) is 21.6. The summed E-state index contributed by atoms with van der Waals surface area (Å²) < 4.78 is 1.82. The van der Waals surface area contributed by atoms with Gasteiger partial charge in [-0.15, -0.1) is 11.8 Å². The van der Waals surface area contributed by atoms with Crippen LogP contribution in [-0.2, 0) is 30.6 Å². The molecule has 0 radical (unpaired) electrons. The van der Waals surface area contributed by atoms with Crippen molar-refractivity contribution in [3.8, 4) is 17.3 Å². The third-order valence-corrected chi connectivity index (χ3v) is 7.43. The van der Waals surface area contributed by atoms with Crippen molar-refractivity contribution in [2.45, 2.75) is 31.8 Å². The number of thioether (sulfide) groups is 1. The second kappa shape index (κ2) is 12.3. The number of aromatic nitrogens is 2. The number of rotatable bonds is 10. The molecule has 2 aliphatic heterocycles. The van der Waals surface area contributed by atoms with Crippen molar-refractivity contribution >= 4 is 47.2 Å². The van der Waals surface area contributed by atoms with Crippen molar-refractivity contribution in [1.29, 1.82) is 5.26 Å². The first-order chi connectivity index (χ1) is 19.2. The van der Waals surface area contributed by atoms with Crippen molar-refractivity contribution in [2.75, 3.05) is 12.4 Å². The summed E-state index contributed by atoms with van der Waals surface area (Å²) >= 11 is 1.39. The topological polar surface area (TPSA) is 181 Å². The van der Waals surface area contributed by atoms with Crippen molar-refractivity contribution < 1.29 is 33.7 Å². The maximum absolute atomic E-state index is 12.9. The van der Waals surface area contributed by atoms with Gasteiger partial charge in [-0.3, -0.25) is 24.6 Å². The standard InChI is InChI=1S/C26H25N7O6S/c1-3-39-31-15(2)23(35)30-21-24(36)33-22(26(37)38)18(13-40-25(21)33)12-32-8-6-16(7-9-32)17-10-19(28-11-17)4-5-20(34)29-14-27/h4-11,21,25H,3,12-13H2,1-2H3,(H3,29,30,34,35,37,38)/p+1/b5-4-,31-15+. The van der Waals surface area contributed by atoms with Crippen molar-refractivity contribution in [3.05, 3.63) is 59.8 Å². The van der Waals surface area contributed by atoms with Gasteiger partial charge in [0.05, 0.1) is 0 Å². The van der Waals surface area contributed by atoms with E-state index in [1.165, 1.54) is 29.7 Å². The molecule has 0 saturated carbocycles. The monoisotopic (exact) mass is 564 g/mol. The van der Waals surface area contributed by atoms with Gasteiger partial charge in [0.25, 0.3) is 17.7 Å². The first-order valence-corrected chi connectivity index (χ1v) is 13.2. The number of aromatic amines is 1. The molecule has 2 atom stereocenters. The van der Waals surface area contributed by atoms with Crippen LogP contribution in [0.25, 0.3) is 17.2 Å². The number of carbonyl (C=O) groups excluding carboxylic acids is 3. The predicted molar refractivity (Wildman–Crippen MR) is 144 cm³/mol. The van der Waals surface area contributed by atoms with Gasteiger partial charge in [-0.05, 0) is 31.6 Å². The molecule has 2 aliphatic rings. The van der Waals surface area contributed by atoms with Crippen LogP contribution < -0.4 is 15.2 Å². The quantitative estimate of drug-likeness (QED) is 0.0620. The molecule has 40 heavy (non-hydrogen) atoms. The molecular weight excluding hydrogens is 538 g/mol. The SMILES string of the molecule is CCO/N=C(\C)C(=O)NC1C(=O)N2C(C(=O)O)=C(C[n+]3ccc(-c4c[nH]c(/C=C\C(=O)NC#N)c4)cc3)CSC12. The third-order valence-electron chi connectivity index (χ3n) is 6.09. The summed E-state index contributed by atoms with van der Waals surface area (Å²) in [5.41, 5.74) is 3.00. The van der Waals surface area contributed by atoms with Gasteiger partial charge >= 0.3 is 5.97 Å². The maximum Gasteiger partial charge on any atom is 0.352 e. The Bertz CT molecular complexity index is 1470. The third kappa shape index (κ3) is 6.05. The van der Waals surface area contributed by atoms with Crippen LogP contribution in [0.15, 0.2) is 59.3 Å². The number of carboxylic acids is 1. The minimum absolute atomic E-state index is 0.0683. The molecule has 206 valence electrons. The predicted octanol–water partition coefficient (Wildman–Crippen LogP) is 0.731. The van der Waals surface area contributed by atoms with E-state index >= 15 is 0 Å². The number of hydrogen-bond acceptors (Lipinski definition) is 8. The first kappa shape index (κ1) is 28.1. The molecule has 4 heterocycles. The highest BCUT2D eigenvalue weighted by molar-refractivity contribution is 8.00. The zero-order valence-corrected chi connectivity index (χ0v) is 22.4. The Morgan fingerprint density at radius 1 is 1.35 bits per heavy atom. The molecule has 0 aliphatic carbocycles. The number of carboxylic acid groups (broad SMARTS) is 1. The van der Waals surface area contributed by atoms with Gasteiger partial charge in [0.1, 0.15) is 29.4 Å². The minimum atomic E-state index is -1.21. The van der Waals surface area contributed by atoms with E-state index in [0.29, 0.717) is 23.6 Å². The minimum Gasteiger partial charge on any atom is -0.477 e. The summed E-state index contributed by atoms with van der Waals surface area (Å²) in [6.45, 7) is 3.75. The van der Waals surface area contributed by atoms with Gasteiger partial charge in [-0.2, -0.15) is 5.26 Å². The second-order valence-corrected chi connectivity index (χ2v) is 9.85. The van der Waals surface area contributed by atoms with Crippen LogP contribution in [0, 0.1) is 11.5 Å². The Hall–Kier alpha value is -4.90. The van der Waals surface area contributed by atoms with Crippen LogP contribution in [0.1, 0.15) is 19.5 Å². The Labute approximate surface area is 233 Å². The molecule has 4 rings (SSSR count). The molecule has 2 aromatic heterocycles. The van der Waals surface area contributed by atoms with Crippen molar-refractivity contribution in [3.63, 3.8) is 0 Å². The van der Waals surface area contributed by atoms with Gasteiger partial charge < -0.3 is 20.2 Å². The smallest absolute Gasteiger partial charge is 0.352 e. The first-order valence-electron chi connectivity index (χ1n) is 12.2. The largest absolute Gasteiger partial charge is 0.477 e. The highest BCUT2D eigenvalue weighted by Gasteiger charge is 2.54. The lowest BCUT2D eigenvalue weighted by Gasteiger charge is -2.49. The number of nitrogens with zero attached hydrogens (tertiary/aromatic N) is 4. The zero-order chi connectivity index (χ0) is 28.8. The number of fused-ring (bicyclic) bond motifs is 1. The molecule has 2 unspecified atom stereocenters. The molecular formula is C26H26N7O6S+. The average Bonchev–Trinajstić information content (AvgIpc) is 3.42. The average molecular weight is 565 g/mol. The van der Waals surface area contributed by atoms with E-state index in [1.54, 1.807) is 25.4 Å². The highest BCUT2D eigenvalue weighted by Crippen LogP contribution is 2.40. The summed E-state index contributed by atoms with van der Waals surface area (Å²) in [7, 11) is 0. The van der Waals surface area contributed by atoms with E-state index in [1.807, 2.05) is 40.5 Å². The normalized spacial score (nSPS) is 18.6. The number of H-pyrrole nitrogens is 1. The number of hydrogen-bond donors (Lipinski definition) is 4. The Balaban J connectivity index is 1.44. The summed E-state index contributed by atoms with van der Waals surface area (Å²) in [6, 6.07) is 4.72. The Morgan fingerprint density at radius 2 is 2.10 bits per heavy atom. The molecule has 0 spiro atoms. The molecule has 1 saturated heterocycles. The lowest BCUT2D eigenvalue weighted by Crippen LogP contribution is -2.71. The molecule has 3 amide bonds. The summed E-state index contributed by atoms with van der Waals surface area (Å²) in [5.74, 6) is -2.40. The Morgan fingerprint density at radius 3 is 2.77 bits per heavy atom. The van der Waals surface area contributed by atoms with Gasteiger partial charge in [0.15, 0.2) is 25.1 Å². The summed E-state index contributed by atoms with van der Waals surface area (Å²) in [5, 5.41) is 26.2. The lowest BCUT2D eigenvalue weighted by atomic mass is 10.0. The molecule has 0 aromatic carbocycles. The maximum atomic E-state index is 12.9. The van der Waals surface area contributed by atoms with E-state index in [4.69, 9.17) is 10.1 Å². The van der Waals surface area contributed by atoms with Crippen LogP contribution in [0.2, 0.25) is 0 Å². The molecule has 1 fully saturated rings. The number of aliphatic carboxylic acids is 1. The summed E-state index contributed by atoms with van der Waals surface area (Å²) in [6.07, 6.45) is 9.75. The molecule has 2 aromatic rings. The lowest BCUT2D eigenvalue weighted by molar-refractivity contribution is -0.689. The number of nitriles is 1. The number of β-lactam (4-membered cyclic amide) rings is 1. The number of oxime groups is 1. The van der Waals surface area contributed by atoms with E-state index in [2.05, 4.69) is 15.5 Å². The molecule has 13 nitrogen and oxygen atoms in total. The van der Waals surface area contributed by atoms with Gasteiger partial charge in [-0.25, -0.2) is 9.36 Å². The second-order valence-electron chi connectivity index (χ2n) is 8.75. The van der Waals surface area contributed by atoms with Crippen LogP contribution in [0.4, 0.5) is 0 Å². The highest BCUT2D eigenvalue weighted by atomic mass is 32.2. The number of carbonyl (C=O) groups is 4. The van der Waals surface area contributed by atoms with E-state index < -0.39 is 35.1 Å². The van der Waals surface area contributed by atoms with E-state index in [0.717, 1.165) is 11.1 Å². The van der Waals surface area contributed by atoms with Crippen molar-refractivity contribution in [1.82, 2.24) is 20.5 Å². The molecule has 14 heteroatoms. The van der Waals surface area contributed by atoms with Crippen LogP contribution in [-0.4, -0.2) is 68.2 Å². The van der Waals surface area contributed by atoms with Crippen LogP contribution >= 0.6 is 11.8 Å². The van der Waals surface area contributed by atoms with Gasteiger partial charge in [0, 0.05) is 47.0 Å². The van der Waals surface area contributed by atoms with Gasteiger partial charge in [-0.1, -0.05) is 5.16 Å². The fraction of sp³-hybridized carbons (Fsp3) is 0.269. The van der Waals surface area contributed by atoms with E-state index in [9.17, 15) is 24.3 Å². The van der Waals surface area contributed by atoms with Gasteiger partial charge in [0.2, 0.25) is 0 Å². The van der Waals surface area contributed by atoms with E-state index in [-0.39, 0.29) is 18.0 Å². The fourth-order valence-electron chi connectivity index (χ4n) is 4.17. The molecule has 0 bridgehead atoms. The molecule has 4 N–H and O–H groups in total.